The van der Waals surface area contributed by atoms with Crippen molar-refractivity contribution < 1.29 is 28.5 Å². The Morgan fingerprint density at radius 3 is 2.51 bits per heavy atom. The van der Waals surface area contributed by atoms with Gasteiger partial charge in [0, 0.05) is 43.1 Å². The summed E-state index contributed by atoms with van der Waals surface area (Å²) in [6.07, 6.45) is 3.02. The van der Waals surface area contributed by atoms with Gasteiger partial charge in [-0.25, -0.2) is 14.8 Å². The maximum Gasteiger partial charge on any atom is 0.319 e. The highest BCUT2D eigenvalue weighted by molar-refractivity contribution is 5.89. The van der Waals surface area contributed by atoms with Gasteiger partial charge in [-0.05, 0) is 75.2 Å². The zero-order valence-electron chi connectivity index (χ0n) is 30.9. The third-order valence-electron chi connectivity index (χ3n) is 9.35. The summed E-state index contributed by atoms with van der Waals surface area (Å²) in [5.74, 6) is 1.41. The van der Waals surface area contributed by atoms with Gasteiger partial charge in [0.15, 0.2) is 12.0 Å². The Morgan fingerprint density at radius 1 is 1.02 bits per heavy atom. The number of aromatic nitrogens is 3. The number of nitrogens with one attached hydrogen (secondary N) is 3. The monoisotopic (exact) mass is 701 g/mol. The normalized spacial score (nSPS) is 21.1. The highest BCUT2D eigenvalue weighted by Gasteiger charge is 2.56. The van der Waals surface area contributed by atoms with E-state index in [0.29, 0.717) is 25.5 Å². The first-order chi connectivity index (χ1) is 24.3. The van der Waals surface area contributed by atoms with Crippen molar-refractivity contribution in [2.75, 3.05) is 51.5 Å². The van der Waals surface area contributed by atoms with Crippen LogP contribution in [0.3, 0.4) is 0 Å². The molecule has 13 heteroatoms. The molecule has 4 heterocycles. The van der Waals surface area contributed by atoms with Gasteiger partial charge in [0.2, 0.25) is 0 Å². The quantitative estimate of drug-likeness (QED) is 0.144. The molecule has 2 aromatic heterocycles. The Morgan fingerprint density at radius 2 is 1.78 bits per heavy atom. The summed E-state index contributed by atoms with van der Waals surface area (Å²) in [5.41, 5.74) is 3.76. The van der Waals surface area contributed by atoms with Gasteiger partial charge in [0.05, 0.1) is 19.6 Å². The number of likely N-dealkylation sites (N-methyl/N-ethyl adjacent to an activating group) is 1. The molecule has 3 N–H and O–H groups in total. The number of hydrogen-bond acceptors (Lipinski definition) is 10. The molecule has 2 aliphatic heterocycles. The van der Waals surface area contributed by atoms with Crippen LogP contribution in [-0.4, -0.2) is 90.5 Å². The minimum Gasteiger partial charge on any atom is -0.497 e. The number of amides is 2. The Kier molecular flexibility index (Phi) is 10.7. The molecule has 0 spiro atoms. The molecule has 4 aromatic rings. The summed E-state index contributed by atoms with van der Waals surface area (Å²) in [6, 6.07) is 15.5. The van der Waals surface area contributed by atoms with Gasteiger partial charge in [0.25, 0.3) is 0 Å². The standard InChI is InChI=1S/C38H51N7O6/c1-37(2,3)25-11-13-26(14-12-25)43-36(46)39-17-9-18-44(6)22-30-31-32(51-38(4,5)50-31)35(49-30)45-19-16-28-33(41-23-42-34(28)45)40-21-24-10-15-27(47-7)20-29(24)48-8/h10-16,19-20,23,30-32,35H,9,17-18,21-22H2,1-8H3,(H2,39,43,46)(H,40,41,42)/t30-,31-,32-,35-/m1/s1. The molecule has 6 rings (SSSR count). The second-order valence-corrected chi connectivity index (χ2v) is 14.7. The highest BCUT2D eigenvalue weighted by Crippen LogP contribution is 2.44. The number of benzene rings is 2. The van der Waals surface area contributed by atoms with Gasteiger partial charge >= 0.3 is 6.03 Å². The van der Waals surface area contributed by atoms with Crippen molar-refractivity contribution in [2.45, 2.75) is 83.3 Å². The van der Waals surface area contributed by atoms with E-state index in [1.54, 1.807) is 20.5 Å². The van der Waals surface area contributed by atoms with E-state index in [0.717, 1.165) is 46.7 Å². The fourth-order valence-electron chi connectivity index (χ4n) is 6.70. The van der Waals surface area contributed by atoms with E-state index in [1.165, 1.54) is 5.56 Å². The van der Waals surface area contributed by atoms with Crippen molar-refractivity contribution in [1.82, 2.24) is 24.8 Å². The molecular formula is C38H51N7O6. The first-order valence-electron chi connectivity index (χ1n) is 17.5. The Labute approximate surface area is 300 Å². The minimum absolute atomic E-state index is 0.0631. The maximum atomic E-state index is 12.5. The van der Waals surface area contributed by atoms with Gasteiger partial charge in [-0.2, -0.15) is 0 Å². The summed E-state index contributed by atoms with van der Waals surface area (Å²) in [6.45, 7) is 12.8. The van der Waals surface area contributed by atoms with Crippen molar-refractivity contribution in [2.24, 2.45) is 0 Å². The van der Waals surface area contributed by atoms with Crippen LogP contribution in [0.25, 0.3) is 11.0 Å². The molecule has 2 saturated heterocycles. The summed E-state index contributed by atoms with van der Waals surface area (Å²) >= 11 is 0. The fourth-order valence-corrected chi connectivity index (χ4v) is 6.70. The number of nitrogens with zero attached hydrogens (tertiary/aromatic N) is 4. The van der Waals surface area contributed by atoms with Crippen molar-refractivity contribution in [3.63, 3.8) is 0 Å². The number of rotatable bonds is 13. The second-order valence-electron chi connectivity index (χ2n) is 14.7. The summed E-state index contributed by atoms with van der Waals surface area (Å²) in [7, 11) is 5.33. The molecule has 0 aliphatic carbocycles. The van der Waals surface area contributed by atoms with Crippen LogP contribution in [0, 0.1) is 0 Å². The van der Waals surface area contributed by atoms with E-state index in [-0.39, 0.29) is 29.8 Å². The highest BCUT2D eigenvalue weighted by atomic mass is 16.8. The number of anilines is 2. The minimum atomic E-state index is -0.749. The second kappa shape index (κ2) is 15.0. The van der Waals surface area contributed by atoms with Gasteiger partial charge in [-0.1, -0.05) is 32.9 Å². The number of fused-ring (bicyclic) bond motifs is 2. The summed E-state index contributed by atoms with van der Waals surface area (Å²) < 4.78 is 32.4. The fraction of sp³-hybridized carbons (Fsp3) is 0.500. The molecule has 0 bridgehead atoms. The summed E-state index contributed by atoms with van der Waals surface area (Å²) in [5, 5.41) is 10.2. The molecule has 0 saturated carbocycles. The maximum absolute atomic E-state index is 12.5. The first kappa shape index (κ1) is 36.4. The van der Waals surface area contributed by atoms with E-state index in [1.807, 2.05) is 61.0 Å². The van der Waals surface area contributed by atoms with E-state index in [9.17, 15) is 4.79 Å². The van der Waals surface area contributed by atoms with Crippen molar-refractivity contribution in [3.8, 4) is 11.5 Å². The SMILES string of the molecule is COc1ccc(CNc2ncnc3c2ccn3[C@@H]2O[C@H](CN(C)CCCNC(=O)Nc3ccc(C(C)(C)C)cc3)[C@H]3OC(C)(C)O[C@H]32)c(OC)c1. The Balaban J connectivity index is 1.05. The molecule has 2 aliphatic rings. The lowest BCUT2D eigenvalue weighted by Crippen LogP contribution is -2.39. The van der Waals surface area contributed by atoms with Crippen LogP contribution >= 0.6 is 0 Å². The van der Waals surface area contributed by atoms with Gasteiger partial charge in [-0.3, -0.25) is 0 Å². The van der Waals surface area contributed by atoms with Crippen LogP contribution in [0.15, 0.2) is 61.1 Å². The molecule has 0 unspecified atom stereocenters. The van der Waals surface area contributed by atoms with Gasteiger partial charge < -0.3 is 49.1 Å². The largest absolute Gasteiger partial charge is 0.497 e. The van der Waals surface area contributed by atoms with Crippen LogP contribution < -0.4 is 25.4 Å². The number of ether oxygens (including phenoxy) is 5. The lowest BCUT2D eigenvalue weighted by Gasteiger charge is -2.27. The Hall–Kier alpha value is -4.43. The number of methoxy groups -OCH3 is 2. The zero-order chi connectivity index (χ0) is 36.3. The topological polar surface area (TPSA) is 133 Å². The number of carbonyl (C=O) groups excluding carboxylic acids is 1. The average molecular weight is 702 g/mol. The first-order valence-corrected chi connectivity index (χ1v) is 17.5. The number of carbonyl (C=O) groups is 1. The molecule has 51 heavy (non-hydrogen) atoms. The molecule has 2 fully saturated rings. The van der Waals surface area contributed by atoms with Crippen LogP contribution in [0.2, 0.25) is 0 Å². The van der Waals surface area contributed by atoms with E-state index in [4.69, 9.17) is 23.7 Å². The third kappa shape index (κ3) is 8.39. The van der Waals surface area contributed by atoms with Gasteiger partial charge in [0.1, 0.15) is 47.6 Å². The molecular weight excluding hydrogens is 650 g/mol. The van der Waals surface area contributed by atoms with Crippen LogP contribution in [0.4, 0.5) is 16.3 Å². The van der Waals surface area contributed by atoms with Crippen molar-refractivity contribution in [3.05, 3.63) is 72.2 Å². The summed E-state index contributed by atoms with van der Waals surface area (Å²) in [4.78, 5) is 23.9. The van der Waals surface area contributed by atoms with E-state index >= 15 is 0 Å². The zero-order valence-corrected chi connectivity index (χ0v) is 30.9. The third-order valence-corrected chi connectivity index (χ3v) is 9.35. The van der Waals surface area contributed by atoms with E-state index in [2.05, 4.69) is 70.8 Å². The van der Waals surface area contributed by atoms with Crippen LogP contribution in [0.1, 0.15) is 58.4 Å². The molecule has 274 valence electrons. The van der Waals surface area contributed by atoms with Crippen molar-refractivity contribution in [1.29, 1.82) is 0 Å². The number of urea groups is 1. The molecule has 4 atom stereocenters. The smallest absolute Gasteiger partial charge is 0.319 e. The average Bonchev–Trinajstić information content (AvgIpc) is 3.76. The molecule has 0 radical (unpaired) electrons. The molecule has 13 nitrogen and oxygen atoms in total. The van der Waals surface area contributed by atoms with Crippen molar-refractivity contribution >= 4 is 28.6 Å². The predicted molar refractivity (Wildman–Crippen MR) is 196 cm³/mol. The van der Waals surface area contributed by atoms with E-state index < -0.39 is 12.0 Å². The van der Waals surface area contributed by atoms with Crippen LogP contribution in [-0.2, 0) is 26.2 Å². The number of hydrogen-bond donors (Lipinski definition) is 3. The Bertz CT molecular complexity index is 1800. The lowest BCUT2D eigenvalue weighted by atomic mass is 9.87. The van der Waals surface area contributed by atoms with Gasteiger partial charge in [-0.15, -0.1) is 0 Å². The molecule has 2 amide bonds. The van der Waals surface area contributed by atoms with Crippen LogP contribution in [0.5, 0.6) is 11.5 Å². The lowest BCUT2D eigenvalue weighted by molar-refractivity contribution is -0.197. The molecule has 2 aromatic carbocycles. The predicted octanol–water partition coefficient (Wildman–Crippen LogP) is 5.92.